The number of fused-ring (bicyclic) bond motifs is 1. The molecule has 0 fully saturated rings. The van der Waals surface area contributed by atoms with Gasteiger partial charge >= 0.3 is 5.97 Å². The van der Waals surface area contributed by atoms with Crippen LogP contribution in [-0.2, 0) is 0 Å². The number of hydrogen-bond acceptors (Lipinski definition) is 5. The number of aryl methyl sites for hydroxylation is 1. The van der Waals surface area contributed by atoms with E-state index in [1.54, 1.807) is 0 Å². The Kier molecular flexibility index (Phi) is 5.13. The molecule has 4 rings (SSSR count). The maximum atomic E-state index is 11.2. The summed E-state index contributed by atoms with van der Waals surface area (Å²) in [5.41, 5.74) is 3.81. The molecule has 0 amide bonds. The number of anilines is 1. The van der Waals surface area contributed by atoms with Crippen LogP contribution in [0.3, 0.4) is 0 Å². The van der Waals surface area contributed by atoms with Crippen LogP contribution in [0.1, 0.15) is 22.8 Å². The summed E-state index contributed by atoms with van der Waals surface area (Å²) in [6, 6.07) is 11.9. The lowest BCUT2D eigenvalue weighted by molar-refractivity contribution is 0.0697. The maximum absolute atomic E-state index is 11.2. The number of carbonyl (C=O) groups is 1. The van der Waals surface area contributed by atoms with Crippen molar-refractivity contribution in [2.45, 2.75) is 13.8 Å². The molecule has 152 valence electrons. The van der Waals surface area contributed by atoms with Crippen LogP contribution in [0.5, 0.6) is 0 Å². The molecule has 0 radical (unpaired) electrons. The Morgan fingerprint density at radius 1 is 1.20 bits per heavy atom. The third-order valence-corrected chi connectivity index (χ3v) is 5.37. The fourth-order valence-electron chi connectivity index (χ4n) is 3.29. The van der Waals surface area contributed by atoms with Gasteiger partial charge in [0, 0.05) is 30.7 Å². The van der Waals surface area contributed by atoms with Gasteiger partial charge in [0.15, 0.2) is 0 Å². The van der Waals surface area contributed by atoms with Gasteiger partial charge in [-0.3, -0.25) is 0 Å². The van der Waals surface area contributed by atoms with Gasteiger partial charge in [-0.05, 0) is 37.1 Å². The lowest BCUT2D eigenvalue weighted by Crippen LogP contribution is -2.19. The monoisotopic (exact) mass is 421 g/mol. The van der Waals surface area contributed by atoms with E-state index in [0.717, 1.165) is 34.4 Å². The fourth-order valence-corrected chi connectivity index (χ4v) is 3.55. The smallest absolute Gasteiger partial charge is 0.338 e. The first-order valence-corrected chi connectivity index (χ1v) is 9.83. The minimum atomic E-state index is -1.06. The number of benzene rings is 2. The summed E-state index contributed by atoms with van der Waals surface area (Å²) in [6.45, 7) is 4.81. The summed E-state index contributed by atoms with van der Waals surface area (Å²) >= 11 is 6.65. The summed E-state index contributed by atoms with van der Waals surface area (Å²) in [5.74, 6) is -0.0553. The minimum Gasteiger partial charge on any atom is -0.478 e. The second kappa shape index (κ2) is 7.76. The Bertz CT molecular complexity index is 1270. The van der Waals surface area contributed by atoms with Crippen LogP contribution in [-0.4, -0.2) is 44.4 Å². The van der Waals surface area contributed by atoms with E-state index in [1.165, 1.54) is 17.1 Å². The molecule has 0 aliphatic carbocycles. The third kappa shape index (κ3) is 3.48. The molecule has 2 heterocycles. The highest BCUT2D eigenvalue weighted by Crippen LogP contribution is 2.36. The van der Waals surface area contributed by atoms with Crippen molar-refractivity contribution in [2.24, 2.45) is 0 Å². The molecule has 0 spiro atoms. The molecule has 4 aromatic rings. The largest absolute Gasteiger partial charge is 0.478 e. The molecule has 0 atom stereocenters. The Balaban J connectivity index is 1.96. The van der Waals surface area contributed by atoms with E-state index < -0.39 is 5.97 Å². The fraction of sp³-hybridized carbons (Fsp3) is 0.182. The van der Waals surface area contributed by atoms with E-state index >= 15 is 0 Å². The van der Waals surface area contributed by atoms with Gasteiger partial charge in [-0.15, -0.1) is 0 Å². The average molecular weight is 422 g/mol. The molecule has 1 N–H and O–H groups in total. The van der Waals surface area contributed by atoms with Gasteiger partial charge in [-0.2, -0.15) is 10.1 Å². The topological polar surface area (TPSA) is 84.1 Å². The van der Waals surface area contributed by atoms with Crippen LogP contribution in [0.2, 0.25) is 5.02 Å². The molecule has 0 saturated carbocycles. The summed E-state index contributed by atoms with van der Waals surface area (Å²) < 4.78 is 1.36. The molecule has 7 nitrogen and oxygen atoms in total. The van der Waals surface area contributed by atoms with E-state index in [-0.39, 0.29) is 11.5 Å². The van der Waals surface area contributed by atoms with Crippen molar-refractivity contribution in [1.82, 2.24) is 19.7 Å². The number of aromatic nitrogens is 4. The van der Waals surface area contributed by atoms with Crippen LogP contribution in [0, 0.1) is 6.92 Å². The molecule has 2 aromatic carbocycles. The number of rotatable bonds is 5. The highest BCUT2D eigenvalue weighted by molar-refractivity contribution is 6.34. The lowest BCUT2D eigenvalue weighted by atomic mass is 9.99. The van der Waals surface area contributed by atoms with Crippen molar-refractivity contribution in [1.29, 1.82) is 0 Å². The number of halogens is 1. The van der Waals surface area contributed by atoms with Gasteiger partial charge in [0.1, 0.15) is 5.82 Å². The van der Waals surface area contributed by atoms with E-state index in [1.807, 2.05) is 62.2 Å². The van der Waals surface area contributed by atoms with Crippen molar-refractivity contribution in [3.8, 4) is 17.1 Å². The van der Waals surface area contributed by atoms with Crippen molar-refractivity contribution in [3.63, 3.8) is 0 Å². The Morgan fingerprint density at radius 2 is 1.97 bits per heavy atom. The highest BCUT2D eigenvalue weighted by atomic mass is 35.5. The summed E-state index contributed by atoms with van der Waals surface area (Å²) in [4.78, 5) is 22.5. The molecule has 2 aromatic heterocycles. The van der Waals surface area contributed by atoms with E-state index in [9.17, 15) is 9.90 Å². The van der Waals surface area contributed by atoms with Crippen LogP contribution in [0.25, 0.3) is 28.0 Å². The van der Waals surface area contributed by atoms with Crippen molar-refractivity contribution < 1.29 is 9.90 Å². The number of nitrogens with zero attached hydrogens (tertiary/aromatic N) is 5. The van der Waals surface area contributed by atoms with Gasteiger partial charge in [-0.25, -0.2) is 14.5 Å². The molecule has 0 saturated heterocycles. The zero-order valence-electron chi connectivity index (χ0n) is 16.8. The van der Waals surface area contributed by atoms with Gasteiger partial charge in [0.05, 0.1) is 22.3 Å². The first kappa shape index (κ1) is 19.8. The minimum absolute atomic E-state index is 0.0667. The second-order valence-electron chi connectivity index (χ2n) is 7.00. The molecule has 0 aliphatic rings. The molecule has 8 heteroatoms. The number of hydrogen-bond donors (Lipinski definition) is 1. The summed E-state index contributed by atoms with van der Waals surface area (Å²) in [7, 11) is 1.94. The molecular formula is C22H20ClN5O2. The highest BCUT2D eigenvalue weighted by Gasteiger charge is 2.17. The first-order valence-electron chi connectivity index (χ1n) is 9.45. The van der Waals surface area contributed by atoms with Crippen molar-refractivity contribution >= 4 is 34.3 Å². The number of carboxylic acid groups (broad SMARTS) is 1. The maximum Gasteiger partial charge on any atom is 0.338 e. The predicted octanol–water partition coefficient (Wildman–Crippen LogP) is 4.60. The average Bonchev–Trinajstić information content (AvgIpc) is 3.23. The third-order valence-electron chi connectivity index (χ3n) is 5.06. The molecule has 30 heavy (non-hydrogen) atoms. The van der Waals surface area contributed by atoms with Gasteiger partial charge < -0.3 is 10.0 Å². The van der Waals surface area contributed by atoms with Crippen LogP contribution in [0.4, 0.5) is 5.82 Å². The summed E-state index contributed by atoms with van der Waals surface area (Å²) in [6.07, 6.45) is 2.66. The van der Waals surface area contributed by atoms with E-state index in [2.05, 4.69) is 15.1 Å². The zero-order valence-corrected chi connectivity index (χ0v) is 17.6. The van der Waals surface area contributed by atoms with Crippen LogP contribution < -0.4 is 4.90 Å². The van der Waals surface area contributed by atoms with Crippen molar-refractivity contribution in [3.05, 3.63) is 64.9 Å². The Morgan fingerprint density at radius 3 is 2.63 bits per heavy atom. The Labute approximate surface area is 178 Å². The van der Waals surface area contributed by atoms with Gasteiger partial charge in [-0.1, -0.05) is 35.9 Å². The second-order valence-corrected chi connectivity index (χ2v) is 7.41. The van der Waals surface area contributed by atoms with E-state index in [0.29, 0.717) is 10.5 Å². The van der Waals surface area contributed by atoms with E-state index in [4.69, 9.17) is 11.6 Å². The number of aromatic carboxylic acids is 1. The Hall–Kier alpha value is -3.45. The summed E-state index contributed by atoms with van der Waals surface area (Å²) in [5, 5.41) is 14.7. The van der Waals surface area contributed by atoms with Gasteiger partial charge in [0.2, 0.25) is 0 Å². The quantitative estimate of drug-likeness (QED) is 0.507. The van der Waals surface area contributed by atoms with Crippen LogP contribution in [0.15, 0.2) is 48.8 Å². The van der Waals surface area contributed by atoms with Crippen LogP contribution >= 0.6 is 11.6 Å². The van der Waals surface area contributed by atoms with Crippen molar-refractivity contribution in [2.75, 3.05) is 18.5 Å². The first-order chi connectivity index (χ1) is 14.4. The molecule has 0 bridgehead atoms. The standard InChI is InChI=1S/C22H20ClN5O2/c1-4-27(3)20-17-9-16(15-8-6-5-7-13(15)2)18(23)10-19(17)25-22(26-20)28-12-14(11-24-28)21(29)30/h5-12H,4H2,1-3H3,(H,29,30). The lowest BCUT2D eigenvalue weighted by Gasteiger charge is -2.19. The molecule has 0 aliphatic heterocycles. The molecular weight excluding hydrogens is 402 g/mol. The SMILES string of the molecule is CCN(C)c1nc(-n2cc(C(=O)O)cn2)nc2cc(Cl)c(-c3ccccc3C)cc12. The number of carboxylic acids is 1. The zero-order chi connectivity index (χ0) is 21.4. The van der Waals surface area contributed by atoms with Gasteiger partial charge in [0.25, 0.3) is 5.95 Å². The molecule has 0 unspecified atom stereocenters. The predicted molar refractivity (Wildman–Crippen MR) is 118 cm³/mol. The normalized spacial score (nSPS) is 11.1.